The number of carbonyl (C=O) groups is 1. The maximum atomic E-state index is 12.0. The number of amides is 1. The van der Waals surface area contributed by atoms with E-state index in [1.54, 1.807) is 37.5 Å². The second-order valence-electron chi connectivity index (χ2n) is 3.95. The molecule has 0 saturated carbocycles. The van der Waals surface area contributed by atoms with Crippen LogP contribution in [-0.4, -0.2) is 29.5 Å². The zero-order valence-corrected chi connectivity index (χ0v) is 11.4. The van der Waals surface area contributed by atoms with Crippen molar-refractivity contribution < 1.29 is 9.53 Å². The molecule has 0 fully saturated rings. The van der Waals surface area contributed by atoms with Crippen molar-refractivity contribution in [1.29, 1.82) is 0 Å². The van der Waals surface area contributed by atoms with Crippen molar-refractivity contribution >= 4 is 17.4 Å². The maximum absolute atomic E-state index is 12.0. The number of anilines is 2. The van der Waals surface area contributed by atoms with E-state index >= 15 is 0 Å². The molecule has 0 aliphatic heterocycles. The van der Waals surface area contributed by atoms with Gasteiger partial charge in [-0.25, -0.2) is 4.98 Å². The molecule has 2 N–H and O–H groups in total. The van der Waals surface area contributed by atoms with Gasteiger partial charge in [0.1, 0.15) is 17.3 Å². The highest BCUT2D eigenvalue weighted by atomic mass is 16.5. The number of ether oxygens (including phenoxy) is 1. The first kappa shape index (κ1) is 13.8. The van der Waals surface area contributed by atoms with Gasteiger partial charge in [0.15, 0.2) is 0 Å². The molecule has 6 nitrogen and oxygen atoms in total. The summed E-state index contributed by atoms with van der Waals surface area (Å²) < 4.78 is 5.34. The summed E-state index contributed by atoms with van der Waals surface area (Å²) in [7, 11) is 1.72. The third-order valence-electron chi connectivity index (χ3n) is 2.55. The van der Waals surface area contributed by atoms with Gasteiger partial charge in [0.2, 0.25) is 0 Å². The normalized spacial score (nSPS) is 9.90. The third-order valence-corrected chi connectivity index (χ3v) is 2.55. The molecule has 1 aromatic heterocycles. The summed E-state index contributed by atoms with van der Waals surface area (Å²) >= 11 is 0. The molecule has 6 heteroatoms. The summed E-state index contributed by atoms with van der Waals surface area (Å²) in [6.07, 6.45) is 2.97. The Labute approximate surface area is 117 Å². The van der Waals surface area contributed by atoms with E-state index in [1.165, 1.54) is 6.20 Å². The summed E-state index contributed by atoms with van der Waals surface area (Å²) in [5.74, 6) is 1.01. The van der Waals surface area contributed by atoms with Crippen molar-refractivity contribution in [2.24, 2.45) is 0 Å². The maximum Gasteiger partial charge on any atom is 0.275 e. The number of hydrogen-bond acceptors (Lipinski definition) is 5. The lowest BCUT2D eigenvalue weighted by Crippen LogP contribution is -2.14. The first-order chi connectivity index (χ1) is 9.72. The van der Waals surface area contributed by atoms with Crippen molar-refractivity contribution in [1.82, 2.24) is 9.97 Å². The summed E-state index contributed by atoms with van der Waals surface area (Å²) in [6.45, 7) is 2.53. The molecular formula is C14H16N4O2. The van der Waals surface area contributed by atoms with Crippen LogP contribution >= 0.6 is 0 Å². The highest BCUT2D eigenvalue weighted by Crippen LogP contribution is 2.16. The minimum absolute atomic E-state index is 0.255. The van der Waals surface area contributed by atoms with E-state index in [4.69, 9.17) is 4.74 Å². The molecule has 0 spiro atoms. The van der Waals surface area contributed by atoms with Gasteiger partial charge in [0, 0.05) is 12.7 Å². The standard InChI is InChI=1S/C14H16N4O2/c1-3-20-11-6-4-10(5-7-11)17-14(19)12-8-16-9-13(15-2)18-12/h4-9H,3H2,1-2H3,(H,15,18)(H,17,19). The lowest BCUT2D eigenvalue weighted by molar-refractivity contribution is 0.102. The Hall–Kier alpha value is -2.63. The smallest absolute Gasteiger partial charge is 0.275 e. The van der Waals surface area contributed by atoms with Gasteiger partial charge in [0.05, 0.1) is 19.0 Å². The molecule has 0 aliphatic carbocycles. The van der Waals surface area contributed by atoms with Crippen molar-refractivity contribution in [3.05, 3.63) is 42.4 Å². The number of hydrogen-bond donors (Lipinski definition) is 2. The quantitative estimate of drug-likeness (QED) is 0.872. The molecule has 1 amide bonds. The van der Waals surface area contributed by atoms with Gasteiger partial charge in [-0.2, -0.15) is 0 Å². The van der Waals surface area contributed by atoms with E-state index in [9.17, 15) is 4.79 Å². The fourth-order valence-electron chi connectivity index (χ4n) is 1.59. The van der Waals surface area contributed by atoms with Gasteiger partial charge < -0.3 is 15.4 Å². The minimum atomic E-state index is -0.307. The predicted octanol–water partition coefficient (Wildman–Crippen LogP) is 2.17. The monoisotopic (exact) mass is 272 g/mol. The van der Waals surface area contributed by atoms with E-state index in [0.29, 0.717) is 18.1 Å². The molecule has 0 radical (unpaired) electrons. The molecule has 0 aliphatic rings. The number of benzene rings is 1. The van der Waals surface area contributed by atoms with Gasteiger partial charge in [-0.15, -0.1) is 0 Å². The zero-order chi connectivity index (χ0) is 14.4. The molecule has 0 bridgehead atoms. The average molecular weight is 272 g/mol. The molecule has 0 saturated heterocycles. The van der Waals surface area contributed by atoms with Crippen molar-refractivity contribution in [3.8, 4) is 5.75 Å². The van der Waals surface area contributed by atoms with E-state index in [1.807, 2.05) is 6.92 Å². The Morgan fingerprint density at radius 1 is 1.25 bits per heavy atom. The van der Waals surface area contributed by atoms with E-state index in [0.717, 1.165) is 5.75 Å². The molecule has 2 aromatic rings. The predicted molar refractivity (Wildman–Crippen MR) is 77.1 cm³/mol. The lowest BCUT2D eigenvalue weighted by Gasteiger charge is -2.07. The first-order valence-electron chi connectivity index (χ1n) is 6.27. The van der Waals surface area contributed by atoms with Crippen molar-refractivity contribution in [3.63, 3.8) is 0 Å². The van der Waals surface area contributed by atoms with Gasteiger partial charge in [0.25, 0.3) is 5.91 Å². The summed E-state index contributed by atoms with van der Waals surface area (Å²) in [5, 5.41) is 5.59. The largest absolute Gasteiger partial charge is 0.494 e. The van der Waals surface area contributed by atoms with Crippen LogP contribution in [0.1, 0.15) is 17.4 Å². The van der Waals surface area contributed by atoms with E-state index in [-0.39, 0.29) is 11.6 Å². The van der Waals surface area contributed by atoms with Gasteiger partial charge in [-0.05, 0) is 31.2 Å². The molecule has 20 heavy (non-hydrogen) atoms. The fraction of sp³-hybridized carbons (Fsp3) is 0.214. The van der Waals surface area contributed by atoms with Crippen LogP contribution in [0.2, 0.25) is 0 Å². The van der Waals surface area contributed by atoms with Crippen LogP contribution in [-0.2, 0) is 0 Å². The summed E-state index contributed by atoms with van der Waals surface area (Å²) in [6, 6.07) is 7.15. The Kier molecular flexibility index (Phi) is 4.49. The molecule has 1 heterocycles. The Bertz CT molecular complexity index is 584. The van der Waals surface area contributed by atoms with Crippen LogP contribution in [0.5, 0.6) is 5.75 Å². The highest BCUT2D eigenvalue weighted by Gasteiger charge is 2.09. The first-order valence-corrected chi connectivity index (χ1v) is 6.27. The lowest BCUT2D eigenvalue weighted by atomic mass is 10.3. The molecule has 0 unspecified atom stereocenters. The molecule has 2 rings (SSSR count). The van der Waals surface area contributed by atoms with Crippen molar-refractivity contribution in [2.75, 3.05) is 24.3 Å². The average Bonchev–Trinajstić information content (AvgIpc) is 2.49. The second kappa shape index (κ2) is 6.51. The number of nitrogens with one attached hydrogen (secondary N) is 2. The highest BCUT2D eigenvalue weighted by molar-refractivity contribution is 6.02. The van der Waals surface area contributed by atoms with Crippen LogP contribution < -0.4 is 15.4 Å². The molecular weight excluding hydrogens is 256 g/mol. The van der Waals surface area contributed by atoms with Crippen molar-refractivity contribution in [2.45, 2.75) is 6.92 Å². The van der Waals surface area contributed by atoms with Gasteiger partial charge in [-0.3, -0.25) is 9.78 Å². The van der Waals surface area contributed by atoms with Gasteiger partial charge >= 0.3 is 0 Å². The second-order valence-corrected chi connectivity index (χ2v) is 3.95. The molecule has 1 aromatic carbocycles. The van der Waals surface area contributed by atoms with Gasteiger partial charge in [-0.1, -0.05) is 0 Å². The Balaban J connectivity index is 2.06. The van der Waals surface area contributed by atoms with Crippen LogP contribution in [0.25, 0.3) is 0 Å². The third kappa shape index (κ3) is 3.44. The van der Waals surface area contributed by atoms with Crippen LogP contribution in [0.15, 0.2) is 36.7 Å². The summed E-state index contributed by atoms with van der Waals surface area (Å²) in [5.41, 5.74) is 0.931. The topological polar surface area (TPSA) is 76.1 Å². The molecule has 0 atom stereocenters. The summed E-state index contributed by atoms with van der Waals surface area (Å²) in [4.78, 5) is 20.1. The number of aromatic nitrogens is 2. The minimum Gasteiger partial charge on any atom is -0.494 e. The Morgan fingerprint density at radius 2 is 2.00 bits per heavy atom. The van der Waals surface area contributed by atoms with Crippen LogP contribution in [0.3, 0.4) is 0 Å². The SMILES string of the molecule is CCOc1ccc(NC(=O)c2cncc(NC)n2)cc1. The number of nitrogens with zero attached hydrogens (tertiary/aromatic N) is 2. The number of rotatable bonds is 5. The number of carbonyl (C=O) groups excluding carboxylic acids is 1. The van der Waals surface area contributed by atoms with E-state index in [2.05, 4.69) is 20.6 Å². The zero-order valence-electron chi connectivity index (χ0n) is 11.4. The fourth-order valence-corrected chi connectivity index (χ4v) is 1.59. The molecule has 104 valence electrons. The van der Waals surface area contributed by atoms with Crippen LogP contribution in [0, 0.1) is 0 Å². The Morgan fingerprint density at radius 3 is 2.65 bits per heavy atom. The van der Waals surface area contributed by atoms with E-state index < -0.39 is 0 Å². The van der Waals surface area contributed by atoms with Crippen LogP contribution in [0.4, 0.5) is 11.5 Å².